The first kappa shape index (κ1) is 21.6. The number of anilines is 1. The molecule has 160 valence electrons. The lowest BCUT2D eigenvalue weighted by molar-refractivity contribution is -0.117. The van der Waals surface area contributed by atoms with Crippen LogP contribution < -0.4 is 10.6 Å². The van der Waals surface area contributed by atoms with Crippen molar-refractivity contribution < 1.29 is 14.3 Å². The van der Waals surface area contributed by atoms with E-state index in [0.29, 0.717) is 19.0 Å². The predicted octanol–water partition coefficient (Wildman–Crippen LogP) is 4.19. The lowest BCUT2D eigenvalue weighted by Gasteiger charge is -2.43. The van der Waals surface area contributed by atoms with Crippen LogP contribution in [-0.2, 0) is 9.53 Å². The Morgan fingerprint density at radius 1 is 1.14 bits per heavy atom. The molecule has 2 amide bonds. The molecule has 1 fully saturated rings. The summed E-state index contributed by atoms with van der Waals surface area (Å²) in [7, 11) is 0. The zero-order valence-electron chi connectivity index (χ0n) is 18.6. The number of nitrogens with zero attached hydrogens (tertiary/aromatic N) is 2. The Morgan fingerprint density at radius 2 is 1.76 bits per heavy atom. The van der Waals surface area contributed by atoms with Gasteiger partial charge in [-0.25, -0.2) is 4.79 Å². The van der Waals surface area contributed by atoms with E-state index in [1.165, 1.54) is 5.56 Å². The first-order valence-electron chi connectivity index (χ1n) is 10.7. The topological polar surface area (TPSA) is 75.9 Å². The minimum atomic E-state index is -0.473. The van der Waals surface area contributed by atoms with Gasteiger partial charge >= 0.3 is 6.09 Å². The Bertz CT molecular complexity index is 778. The SMILES string of the molecule is CC(=O)N1c2ccc(C3CCN(C(=O)OC(C)(C)C)CC3)cc2[C@H](N)C(C)[C@@H]1C. The number of amides is 2. The Morgan fingerprint density at radius 3 is 2.31 bits per heavy atom. The fourth-order valence-electron chi connectivity index (χ4n) is 4.53. The summed E-state index contributed by atoms with van der Waals surface area (Å²) in [6, 6.07) is 6.36. The highest BCUT2D eigenvalue weighted by molar-refractivity contribution is 5.93. The van der Waals surface area contributed by atoms with Gasteiger partial charge in [-0.15, -0.1) is 0 Å². The van der Waals surface area contributed by atoms with Crippen molar-refractivity contribution >= 4 is 17.7 Å². The molecule has 2 aliphatic heterocycles. The smallest absolute Gasteiger partial charge is 0.410 e. The molecule has 0 saturated carbocycles. The van der Waals surface area contributed by atoms with Gasteiger partial charge in [0.2, 0.25) is 5.91 Å². The van der Waals surface area contributed by atoms with Crippen molar-refractivity contribution in [3.63, 3.8) is 0 Å². The maximum absolute atomic E-state index is 12.3. The van der Waals surface area contributed by atoms with Crippen molar-refractivity contribution in [3.05, 3.63) is 29.3 Å². The van der Waals surface area contributed by atoms with Gasteiger partial charge in [0.25, 0.3) is 0 Å². The first-order valence-corrected chi connectivity index (χ1v) is 10.7. The molecule has 1 saturated heterocycles. The number of likely N-dealkylation sites (tertiary alicyclic amines) is 1. The second-order valence-electron chi connectivity index (χ2n) is 9.57. The van der Waals surface area contributed by atoms with E-state index < -0.39 is 5.60 Å². The van der Waals surface area contributed by atoms with Crippen LogP contribution in [-0.4, -0.2) is 41.6 Å². The van der Waals surface area contributed by atoms with Crippen molar-refractivity contribution in [3.8, 4) is 0 Å². The third-order valence-electron chi connectivity index (χ3n) is 6.36. The molecule has 2 aliphatic rings. The van der Waals surface area contributed by atoms with Crippen LogP contribution in [0.15, 0.2) is 18.2 Å². The molecule has 6 nitrogen and oxygen atoms in total. The normalized spacial score (nSPS) is 25.6. The van der Waals surface area contributed by atoms with E-state index in [1.807, 2.05) is 25.7 Å². The molecule has 0 bridgehead atoms. The second-order valence-corrected chi connectivity index (χ2v) is 9.57. The van der Waals surface area contributed by atoms with Crippen LogP contribution in [0.2, 0.25) is 0 Å². The Kier molecular flexibility index (Phi) is 5.95. The number of carbonyl (C=O) groups excluding carboxylic acids is 2. The second kappa shape index (κ2) is 7.98. The van der Waals surface area contributed by atoms with E-state index in [2.05, 4.69) is 32.0 Å². The van der Waals surface area contributed by atoms with E-state index in [-0.39, 0.29) is 30.0 Å². The van der Waals surface area contributed by atoms with Crippen LogP contribution in [0.25, 0.3) is 0 Å². The summed E-state index contributed by atoms with van der Waals surface area (Å²) in [5.41, 5.74) is 9.31. The number of rotatable bonds is 1. The first-order chi connectivity index (χ1) is 13.5. The number of ether oxygens (including phenoxy) is 1. The summed E-state index contributed by atoms with van der Waals surface area (Å²) < 4.78 is 5.50. The van der Waals surface area contributed by atoms with Crippen molar-refractivity contribution in [1.29, 1.82) is 0 Å². The van der Waals surface area contributed by atoms with Crippen LogP contribution in [0.3, 0.4) is 0 Å². The number of fused-ring (bicyclic) bond motifs is 1. The standard InChI is InChI=1S/C23H35N3O3/c1-14-15(2)26(16(3)27)20-8-7-18(13-19(20)21(14)24)17-9-11-25(12-10-17)22(28)29-23(4,5)6/h7-8,13-15,17,21H,9-12,24H2,1-6H3/t14?,15-,21+/m0/s1. The molecule has 0 aliphatic carbocycles. The quantitative estimate of drug-likeness (QED) is 0.765. The van der Waals surface area contributed by atoms with Crippen LogP contribution in [0.1, 0.15) is 77.5 Å². The lowest BCUT2D eigenvalue weighted by atomic mass is 9.80. The number of nitrogens with two attached hydrogens (primary N) is 1. The van der Waals surface area contributed by atoms with Crippen molar-refractivity contribution in [2.75, 3.05) is 18.0 Å². The van der Waals surface area contributed by atoms with Gasteiger partial charge in [-0.05, 0) is 69.6 Å². The van der Waals surface area contributed by atoms with Gasteiger partial charge in [-0.3, -0.25) is 4.79 Å². The van der Waals surface area contributed by atoms with Crippen LogP contribution in [0.5, 0.6) is 0 Å². The van der Waals surface area contributed by atoms with Gasteiger partial charge in [0.1, 0.15) is 5.60 Å². The molecule has 0 radical (unpaired) electrons. The summed E-state index contributed by atoms with van der Waals surface area (Å²) >= 11 is 0. The Labute approximate surface area is 174 Å². The molecule has 3 atom stereocenters. The number of hydrogen-bond donors (Lipinski definition) is 1. The number of benzene rings is 1. The van der Waals surface area contributed by atoms with E-state index >= 15 is 0 Å². The summed E-state index contributed by atoms with van der Waals surface area (Å²) in [5.74, 6) is 0.623. The molecule has 0 aromatic heterocycles. The lowest BCUT2D eigenvalue weighted by Crippen LogP contribution is -2.48. The molecule has 1 unspecified atom stereocenters. The third-order valence-corrected chi connectivity index (χ3v) is 6.36. The predicted molar refractivity (Wildman–Crippen MR) is 115 cm³/mol. The summed E-state index contributed by atoms with van der Waals surface area (Å²) in [6.07, 6.45) is 1.56. The van der Waals surface area contributed by atoms with Gasteiger partial charge in [0.15, 0.2) is 0 Å². The summed E-state index contributed by atoms with van der Waals surface area (Å²) in [4.78, 5) is 28.2. The molecular formula is C23H35N3O3. The Hall–Kier alpha value is -2.08. The maximum Gasteiger partial charge on any atom is 0.410 e. The fourth-order valence-corrected chi connectivity index (χ4v) is 4.53. The largest absolute Gasteiger partial charge is 0.444 e. The highest BCUT2D eigenvalue weighted by Gasteiger charge is 2.37. The van der Waals surface area contributed by atoms with Gasteiger partial charge in [0, 0.05) is 37.8 Å². The molecule has 1 aromatic carbocycles. The molecule has 1 aromatic rings. The molecular weight excluding hydrogens is 366 g/mol. The molecule has 2 N–H and O–H groups in total. The van der Waals surface area contributed by atoms with E-state index in [9.17, 15) is 9.59 Å². The van der Waals surface area contributed by atoms with Crippen molar-refractivity contribution in [1.82, 2.24) is 4.90 Å². The fraction of sp³-hybridized carbons (Fsp3) is 0.652. The van der Waals surface area contributed by atoms with Gasteiger partial charge in [-0.1, -0.05) is 19.1 Å². The van der Waals surface area contributed by atoms with Crippen molar-refractivity contribution in [2.45, 2.75) is 78.0 Å². The highest BCUT2D eigenvalue weighted by Crippen LogP contribution is 2.41. The number of carbonyl (C=O) groups is 2. The minimum absolute atomic E-state index is 0.0518. The zero-order valence-corrected chi connectivity index (χ0v) is 18.6. The average molecular weight is 402 g/mol. The highest BCUT2D eigenvalue weighted by atomic mass is 16.6. The van der Waals surface area contributed by atoms with Gasteiger partial charge < -0.3 is 20.3 Å². The molecule has 3 rings (SSSR count). The molecule has 2 heterocycles. The van der Waals surface area contributed by atoms with Crippen molar-refractivity contribution in [2.24, 2.45) is 11.7 Å². The summed E-state index contributed by atoms with van der Waals surface area (Å²) in [6.45, 7) is 12.8. The molecule has 0 spiro atoms. The average Bonchev–Trinajstić information content (AvgIpc) is 2.64. The minimum Gasteiger partial charge on any atom is -0.444 e. The van der Waals surface area contributed by atoms with Crippen LogP contribution in [0, 0.1) is 5.92 Å². The van der Waals surface area contributed by atoms with Gasteiger partial charge in [-0.2, -0.15) is 0 Å². The van der Waals surface area contributed by atoms with E-state index in [1.54, 1.807) is 11.8 Å². The van der Waals surface area contributed by atoms with Crippen LogP contribution in [0.4, 0.5) is 10.5 Å². The Balaban J connectivity index is 1.76. The molecule has 6 heteroatoms. The number of hydrogen-bond acceptors (Lipinski definition) is 4. The van der Waals surface area contributed by atoms with Crippen LogP contribution >= 0.6 is 0 Å². The van der Waals surface area contributed by atoms with E-state index in [0.717, 1.165) is 24.1 Å². The summed E-state index contributed by atoms with van der Waals surface area (Å²) in [5, 5.41) is 0. The van der Waals surface area contributed by atoms with E-state index in [4.69, 9.17) is 10.5 Å². The number of piperidine rings is 1. The zero-order chi connectivity index (χ0) is 21.5. The van der Waals surface area contributed by atoms with Gasteiger partial charge in [0.05, 0.1) is 0 Å². The molecule has 29 heavy (non-hydrogen) atoms. The third kappa shape index (κ3) is 4.42. The maximum atomic E-state index is 12.3. The monoisotopic (exact) mass is 401 g/mol.